The minimum Gasteiger partial charge on any atom is -0.491 e. The van der Waals surface area contributed by atoms with Crippen LogP contribution in [0.25, 0.3) is 22.2 Å². The van der Waals surface area contributed by atoms with E-state index in [1.807, 2.05) is 6.07 Å². The Labute approximate surface area is 143 Å². The van der Waals surface area contributed by atoms with Crippen molar-refractivity contribution in [2.75, 3.05) is 13.2 Å². The Morgan fingerprint density at radius 3 is 2.50 bits per heavy atom. The Kier molecular flexibility index (Phi) is 4.37. The molecule has 0 amide bonds. The molecule has 2 aromatic carbocycles. The average molecular weight is 323 g/mol. The Hall–Kier alpha value is -2.26. The number of aliphatic hydroxyl groups excluding tert-OH is 1. The molecule has 0 radical (unpaired) electrons. The molecule has 0 unspecified atom stereocenters. The van der Waals surface area contributed by atoms with Crippen LogP contribution in [0, 0.1) is 6.92 Å². The summed E-state index contributed by atoms with van der Waals surface area (Å²) in [4.78, 5) is 3.51. The molecule has 3 rings (SSSR count). The second-order valence-electron chi connectivity index (χ2n) is 7.26. The van der Waals surface area contributed by atoms with Gasteiger partial charge in [0, 0.05) is 27.7 Å². The van der Waals surface area contributed by atoms with Crippen molar-refractivity contribution in [2.45, 2.75) is 33.1 Å². The lowest BCUT2D eigenvalue weighted by atomic mass is 9.84. The van der Waals surface area contributed by atoms with Gasteiger partial charge in [0.15, 0.2) is 0 Å². The lowest BCUT2D eigenvalue weighted by Crippen LogP contribution is -2.15. The zero-order valence-electron chi connectivity index (χ0n) is 14.8. The number of hydrogen-bond acceptors (Lipinski definition) is 2. The molecule has 0 saturated carbocycles. The van der Waals surface area contributed by atoms with E-state index in [1.54, 1.807) is 0 Å². The molecule has 3 heteroatoms. The van der Waals surface area contributed by atoms with Crippen LogP contribution in [-0.4, -0.2) is 23.3 Å². The Morgan fingerprint density at radius 2 is 1.83 bits per heavy atom. The largest absolute Gasteiger partial charge is 0.491 e. The number of aryl methyl sites for hydroxylation is 1. The lowest BCUT2D eigenvalue weighted by molar-refractivity contribution is 0.199. The number of aliphatic hydroxyl groups is 1. The highest BCUT2D eigenvalue weighted by Crippen LogP contribution is 2.37. The van der Waals surface area contributed by atoms with Crippen LogP contribution in [0.4, 0.5) is 0 Å². The number of rotatable bonds is 4. The molecule has 0 aliphatic carbocycles. The zero-order valence-corrected chi connectivity index (χ0v) is 14.8. The van der Waals surface area contributed by atoms with Gasteiger partial charge in [-0.2, -0.15) is 0 Å². The number of para-hydroxylation sites is 1. The van der Waals surface area contributed by atoms with Crippen LogP contribution in [-0.2, 0) is 5.41 Å². The van der Waals surface area contributed by atoms with E-state index in [2.05, 4.69) is 69.1 Å². The third-order valence-corrected chi connectivity index (χ3v) is 4.30. The van der Waals surface area contributed by atoms with Gasteiger partial charge >= 0.3 is 0 Å². The molecule has 24 heavy (non-hydrogen) atoms. The molecule has 126 valence electrons. The van der Waals surface area contributed by atoms with Crippen LogP contribution in [0.2, 0.25) is 0 Å². The van der Waals surface area contributed by atoms with Gasteiger partial charge in [-0.25, -0.2) is 0 Å². The monoisotopic (exact) mass is 323 g/mol. The van der Waals surface area contributed by atoms with E-state index >= 15 is 0 Å². The molecule has 0 saturated heterocycles. The number of aromatic amines is 1. The van der Waals surface area contributed by atoms with Crippen molar-refractivity contribution in [1.82, 2.24) is 4.98 Å². The molecule has 0 atom stereocenters. The normalized spacial score (nSPS) is 11.9. The van der Waals surface area contributed by atoms with Crippen molar-refractivity contribution in [3.63, 3.8) is 0 Å². The van der Waals surface area contributed by atoms with Crippen LogP contribution < -0.4 is 4.74 Å². The van der Waals surface area contributed by atoms with Gasteiger partial charge in [-0.15, -0.1) is 0 Å². The SMILES string of the molecule is Cc1cc(OCCO)c(C(C)(C)C)cc1-c1cc2ccccc2[nH]1. The Balaban J connectivity index is 2.14. The molecule has 3 nitrogen and oxygen atoms in total. The summed E-state index contributed by atoms with van der Waals surface area (Å²) in [5.74, 6) is 0.855. The van der Waals surface area contributed by atoms with Gasteiger partial charge < -0.3 is 14.8 Å². The maximum absolute atomic E-state index is 9.07. The third-order valence-electron chi connectivity index (χ3n) is 4.30. The molecule has 0 bridgehead atoms. The molecule has 0 fully saturated rings. The van der Waals surface area contributed by atoms with Gasteiger partial charge in [-0.1, -0.05) is 39.0 Å². The summed E-state index contributed by atoms with van der Waals surface area (Å²) in [5.41, 5.74) is 5.71. The number of hydrogen-bond donors (Lipinski definition) is 2. The van der Waals surface area contributed by atoms with E-state index < -0.39 is 0 Å². The standard InChI is InChI=1S/C21H25NO2/c1-14-11-20(24-10-9-23)17(21(2,3)4)13-16(14)19-12-15-7-5-6-8-18(15)22-19/h5-8,11-13,22-23H,9-10H2,1-4H3. The summed E-state index contributed by atoms with van der Waals surface area (Å²) < 4.78 is 5.78. The first-order chi connectivity index (χ1) is 11.4. The minimum absolute atomic E-state index is 0.0202. The smallest absolute Gasteiger partial charge is 0.123 e. The molecule has 0 aliphatic rings. The van der Waals surface area contributed by atoms with Gasteiger partial charge in [0.1, 0.15) is 12.4 Å². The summed E-state index contributed by atoms with van der Waals surface area (Å²) in [6, 6.07) is 14.8. The van der Waals surface area contributed by atoms with Crippen molar-refractivity contribution >= 4 is 10.9 Å². The Bertz CT molecular complexity index is 823. The molecular weight excluding hydrogens is 298 g/mol. The topological polar surface area (TPSA) is 45.2 Å². The number of nitrogens with one attached hydrogen (secondary N) is 1. The third kappa shape index (κ3) is 3.17. The van der Waals surface area contributed by atoms with Gasteiger partial charge in [0.05, 0.1) is 6.61 Å². The first-order valence-corrected chi connectivity index (χ1v) is 8.37. The molecule has 1 aromatic heterocycles. The minimum atomic E-state index is -0.0424. The Morgan fingerprint density at radius 1 is 1.08 bits per heavy atom. The zero-order chi connectivity index (χ0) is 17.3. The number of fused-ring (bicyclic) bond motifs is 1. The number of ether oxygens (including phenoxy) is 1. The maximum atomic E-state index is 9.07. The first kappa shape index (κ1) is 16.6. The molecule has 2 N–H and O–H groups in total. The van der Waals surface area contributed by atoms with Crippen LogP contribution in [0.1, 0.15) is 31.9 Å². The van der Waals surface area contributed by atoms with Gasteiger partial charge in [-0.05, 0) is 42.2 Å². The molecule has 0 spiro atoms. The van der Waals surface area contributed by atoms with Crippen LogP contribution in [0.5, 0.6) is 5.75 Å². The number of H-pyrrole nitrogens is 1. The van der Waals surface area contributed by atoms with E-state index in [-0.39, 0.29) is 12.0 Å². The molecule has 0 aliphatic heterocycles. The number of benzene rings is 2. The quantitative estimate of drug-likeness (QED) is 0.723. The maximum Gasteiger partial charge on any atom is 0.123 e. The summed E-state index contributed by atoms with van der Waals surface area (Å²) >= 11 is 0. The predicted molar refractivity (Wildman–Crippen MR) is 99.8 cm³/mol. The van der Waals surface area contributed by atoms with Crippen molar-refractivity contribution in [1.29, 1.82) is 0 Å². The number of aromatic nitrogens is 1. The predicted octanol–water partition coefficient (Wildman–Crippen LogP) is 4.81. The van der Waals surface area contributed by atoms with E-state index in [4.69, 9.17) is 9.84 Å². The van der Waals surface area contributed by atoms with Crippen molar-refractivity contribution in [2.24, 2.45) is 0 Å². The molecule has 3 aromatic rings. The van der Waals surface area contributed by atoms with E-state index in [0.717, 1.165) is 28.1 Å². The fourth-order valence-electron chi connectivity index (χ4n) is 3.05. The van der Waals surface area contributed by atoms with Gasteiger partial charge in [0.25, 0.3) is 0 Å². The molecular formula is C21H25NO2. The fourth-order valence-corrected chi connectivity index (χ4v) is 3.05. The average Bonchev–Trinajstić information content (AvgIpc) is 2.95. The summed E-state index contributed by atoms with van der Waals surface area (Å²) in [6.45, 7) is 8.97. The highest BCUT2D eigenvalue weighted by molar-refractivity contribution is 5.86. The highest BCUT2D eigenvalue weighted by atomic mass is 16.5. The first-order valence-electron chi connectivity index (χ1n) is 8.37. The molecule has 1 heterocycles. The highest BCUT2D eigenvalue weighted by Gasteiger charge is 2.21. The summed E-state index contributed by atoms with van der Waals surface area (Å²) in [7, 11) is 0. The van der Waals surface area contributed by atoms with Crippen molar-refractivity contribution in [3.8, 4) is 17.0 Å². The lowest BCUT2D eigenvalue weighted by Gasteiger charge is -2.24. The van der Waals surface area contributed by atoms with Gasteiger partial charge in [-0.3, -0.25) is 0 Å². The van der Waals surface area contributed by atoms with E-state index in [0.29, 0.717) is 6.61 Å². The van der Waals surface area contributed by atoms with Crippen LogP contribution >= 0.6 is 0 Å². The van der Waals surface area contributed by atoms with Crippen LogP contribution in [0.15, 0.2) is 42.5 Å². The van der Waals surface area contributed by atoms with Crippen molar-refractivity contribution in [3.05, 3.63) is 53.6 Å². The fraction of sp³-hybridized carbons (Fsp3) is 0.333. The summed E-state index contributed by atoms with van der Waals surface area (Å²) in [5, 5.41) is 10.3. The van der Waals surface area contributed by atoms with Gasteiger partial charge in [0.2, 0.25) is 0 Å². The van der Waals surface area contributed by atoms with Crippen LogP contribution in [0.3, 0.4) is 0 Å². The second-order valence-corrected chi connectivity index (χ2v) is 7.26. The van der Waals surface area contributed by atoms with Crippen molar-refractivity contribution < 1.29 is 9.84 Å². The second kappa shape index (κ2) is 6.33. The van der Waals surface area contributed by atoms with E-state index in [1.165, 1.54) is 10.9 Å². The van der Waals surface area contributed by atoms with E-state index in [9.17, 15) is 0 Å². The summed E-state index contributed by atoms with van der Waals surface area (Å²) in [6.07, 6.45) is 0.